The highest BCUT2D eigenvalue weighted by Crippen LogP contribution is 2.29. The molecule has 2 aromatic rings. The molecule has 0 amide bonds. The second kappa shape index (κ2) is 10.7. The van der Waals surface area contributed by atoms with Gasteiger partial charge in [0.1, 0.15) is 11.5 Å². The van der Waals surface area contributed by atoms with Crippen LogP contribution in [0.5, 0.6) is 11.5 Å². The molecular formula is C21H34N6O2. The summed E-state index contributed by atoms with van der Waals surface area (Å²) in [6.45, 7) is 5.51. The molecule has 2 rings (SSSR count). The number of aliphatic imine (C=N–C) groups is 1. The van der Waals surface area contributed by atoms with Gasteiger partial charge in [-0.1, -0.05) is 0 Å². The fourth-order valence-corrected chi connectivity index (χ4v) is 3.14. The number of nitrogens with one attached hydrogen (secondary N) is 2. The van der Waals surface area contributed by atoms with Gasteiger partial charge in [-0.2, -0.15) is 5.10 Å². The number of rotatable bonds is 9. The Balaban J connectivity index is 2.20. The van der Waals surface area contributed by atoms with Crippen LogP contribution in [0.1, 0.15) is 37.1 Å². The molecule has 1 heterocycles. The number of ether oxygens (including phenoxy) is 2. The van der Waals surface area contributed by atoms with Gasteiger partial charge in [0.05, 0.1) is 39.0 Å². The molecule has 0 bridgehead atoms. The molecule has 29 heavy (non-hydrogen) atoms. The van der Waals surface area contributed by atoms with Crippen LogP contribution >= 0.6 is 0 Å². The Morgan fingerprint density at radius 1 is 1.28 bits per heavy atom. The normalized spacial score (nSPS) is 13.9. The Labute approximate surface area is 173 Å². The fourth-order valence-electron chi connectivity index (χ4n) is 3.14. The highest BCUT2D eigenvalue weighted by Gasteiger charge is 2.17. The van der Waals surface area contributed by atoms with Gasteiger partial charge in [0.25, 0.3) is 0 Å². The van der Waals surface area contributed by atoms with Crippen molar-refractivity contribution in [2.45, 2.75) is 25.9 Å². The van der Waals surface area contributed by atoms with E-state index in [1.165, 1.54) is 0 Å². The number of aromatic nitrogens is 2. The minimum Gasteiger partial charge on any atom is -0.497 e. The summed E-state index contributed by atoms with van der Waals surface area (Å²) in [5, 5.41) is 11.1. The zero-order valence-electron chi connectivity index (χ0n) is 18.6. The van der Waals surface area contributed by atoms with E-state index in [9.17, 15) is 0 Å². The SMILES string of the molecule is CCNC(=NCC(c1cnn(C)c1)N(C)C)NC(C)c1cc(OC)ccc1OC. The largest absolute Gasteiger partial charge is 0.497 e. The lowest BCUT2D eigenvalue weighted by atomic mass is 10.1. The lowest BCUT2D eigenvalue weighted by molar-refractivity contribution is 0.306. The van der Waals surface area contributed by atoms with Crippen LogP contribution in [0.15, 0.2) is 35.6 Å². The first-order valence-corrected chi connectivity index (χ1v) is 9.81. The van der Waals surface area contributed by atoms with Gasteiger partial charge in [-0.15, -0.1) is 0 Å². The maximum Gasteiger partial charge on any atom is 0.191 e. The number of guanidine groups is 1. The van der Waals surface area contributed by atoms with Crippen LogP contribution in [0.3, 0.4) is 0 Å². The van der Waals surface area contributed by atoms with Gasteiger partial charge >= 0.3 is 0 Å². The molecule has 0 aliphatic heterocycles. The average Bonchev–Trinajstić information content (AvgIpc) is 3.13. The first kappa shape index (κ1) is 22.5. The third-order valence-corrected chi connectivity index (χ3v) is 4.76. The Morgan fingerprint density at radius 3 is 2.59 bits per heavy atom. The van der Waals surface area contributed by atoms with Crippen LogP contribution in [-0.2, 0) is 7.05 Å². The number of nitrogens with zero attached hydrogens (tertiary/aromatic N) is 4. The predicted molar refractivity (Wildman–Crippen MR) is 117 cm³/mol. The molecule has 2 unspecified atom stereocenters. The lowest BCUT2D eigenvalue weighted by Gasteiger charge is -2.24. The smallest absolute Gasteiger partial charge is 0.191 e. The molecular weight excluding hydrogens is 368 g/mol. The first-order valence-electron chi connectivity index (χ1n) is 9.81. The van der Waals surface area contributed by atoms with Crippen LogP contribution in [-0.4, -0.2) is 62.0 Å². The van der Waals surface area contributed by atoms with Crippen molar-refractivity contribution in [2.75, 3.05) is 41.4 Å². The molecule has 0 fully saturated rings. The summed E-state index contributed by atoms with van der Waals surface area (Å²) in [7, 11) is 9.37. The molecule has 8 nitrogen and oxygen atoms in total. The van der Waals surface area contributed by atoms with Gasteiger partial charge in [-0.3, -0.25) is 9.67 Å². The summed E-state index contributed by atoms with van der Waals surface area (Å²) in [6, 6.07) is 5.92. The second-order valence-corrected chi connectivity index (χ2v) is 7.12. The van der Waals surface area contributed by atoms with Crippen LogP contribution in [0.4, 0.5) is 0 Å². The number of hydrogen-bond acceptors (Lipinski definition) is 5. The summed E-state index contributed by atoms with van der Waals surface area (Å²) in [6.07, 6.45) is 3.93. The van der Waals surface area contributed by atoms with Crippen molar-refractivity contribution < 1.29 is 9.47 Å². The minimum atomic E-state index is -0.0194. The van der Waals surface area contributed by atoms with E-state index in [0.29, 0.717) is 6.54 Å². The maximum atomic E-state index is 5.53. The molecule has 0 saturated heterocycles. The van der Waals surface area contributed by atoms with E-state index in [1.54, 1.807) is 14.2 Å². The number of hydrogen-bond donors (Lipinski definition) is 2. The molecule has 2 atom stereocenters. The third-order valence-electron chi connectivity index (χ3n) is 4.76. The van der Waals surface area contributed by atoms with E-state index < -0.39 is 0 Å². The Kier molecular flexibility index (Phi) is 8.33. The average molecular weight is 403 g/mol. The van der Waals surface area contributed by atoms with Crippen molar-refractivity contribution in [3.8, 4) is 11.5 Å². The standard InChI is InChI=1S/C21H34N6O2/c1-8-22-21(23-13-19(26(3)4)16-12-24-27(5)14-16)25-15(2)18-11-17(28-6)9-10-20(18)29-7/h9-12,14-15,19H,8,13H2,1-7H3,(H2,22,23,25). The number of aryl methyl sites for hydroxylation is 1. The maximum absolute atomic E-state index is 5.53. The molecule has 0 spiro atoms. The van der Waals surface area contributed by atoms with Gasteiger partial charge < -0.3 is 25.0 Å². The van der Waals surface area contributed by atoms with Crippen LogP contribution in [0.2, 0.25) is 0 Å². The van der Waals surface area contributed by atoms with Gasteiger partial charge in [-0.25, -0.2) is 0 Å². The quantitative estimate of drug-likeness (QED) is 0.495. The van der Waals surface area contributed by atoms with Crippen LogP contribution < -0.4 is 20.1 Å². The summed E-state index contributed by atoms with van der Waals surface area (Å²) in [5.41, 5.74) is 2.15. The van der Waals surface area contributed by atoms with E-state index in [4.69, 9.17) is 14.5 Å². The molecule has 160 valence electrons. The molecule has 0 aliphatic rings. The van der Waals surface area contributed by atoms with Gasteiger partial charge in [-0.05, 0) is 46.1 Å². The monoisotopic (exact) mass is 402 g/mol. The first-order chi connectivity index (χ1) is 13.9. The highest BCUT2D eigenvalue weighted by molar-refractivity contribution is 5.80. The molecule has 0 aliphatic carbocycles. The predicted octanol–water partition coefficient (Wildman–Crippen LogP) is 2.36. The number of benzene rings is 1. The van der Waals surface area contributed by atoms with Gasteiger partial charge in [0, 0.05) is 30.9 Å². The lowest BCUT2D eigenvalue weighted by Crippen LogP contribution is -2.39. The molecule has 0 saturated carbocycles. The second-order valence-electron chi connectivity index (χ2n) is 7.12. The van der Waals surface area contributed by atoms with Crippen molar-refractivity contribution in [3.05, 3.63) is 41.7 Å². The molecule has 8 heteroatoms. The van der Waals surface area contributed by atoms with E-state index in [2.05, 4.69) is 48.6 Å². The van der Waals surface area contributed by atoms with E-state index in [-0.39, 0.29) is 12.1 Å². The zero-order valence-corrected chi connectivity index (χ0v) is 18.6. The fraction of sp³-hybridized carbons (Fsp3) is 0.524. The van der Waals surface area contributed by atoms with Crippen molar-refractivity contribution in [3.63, 3.8) is 0 Å². The Hall–Kier alpha value is -2.74. The van der Waals surface area contributed by atoms with Crippen molar-refractivity contribution >= 4 is 5.96 Å². The number of methoxy groups -OCH3 is 2. The molecule has 2 N–H and O–H groups in total. The summed E-state index contributed by atoms with van der Waals surface area (Å²) >= 11 is 0. The summed E-state index contributed by atoms with van der Waals surface area (Å²) < 4.78 is 12.7. The van der Waals surface area contributed by atoms with Crippen LogP contribution in [0, 0.1) is 0 Å². The molecule has 1 aromatic heterocycles. The third kappa shape index (κ3) is 6.12. The molecule has 0 radical (unpaired) electrons. The topological polar surface area (TPSA) is 75.9 Å². The highest BCUT2D eigenvalue weighted by atomic mass is 16.5. The van der Waals surface area contributed by atoms with Crippen molar-refractivity contribution in [2.24, 2.45) is 12.0 Å². The van der Waals surface area contributed by atoms with Gasteiger partial charge in [0.2, 0.25) is 0 Å². The van der Waals surface area contributed by atoms with E-state index >= 15 is 0 Å². The summed E-state index contributed by atoms with van der Waals surface area (Å²) in [4.78, 5) is 6.98. The Bertz CT molecular complexity index is 802. The van der Waals surface area contributed by atoms with Crippen molar-refractivity contribution in [1.29, 1.82) is 0 Å². The minimum absolute atomic E-state index is 0.0194. The van der Waals surface area contributed by atoms with E-state index in [0.717, 1.165) is 35.1 Å². The Morgan fingerprint density at radius 2 is 2.03 bits per heavy atom. The van der Waals surface area contributed by atoms with E-state index in [1.807, 2.05) is 42.3 Å². The van der Waals surface area contributed by atoms with Crippen LogP contribution in [0.25, 0.3) is 0 Å². The van der Waals surface area contributed by atoms with Gasteiger partial charge in [0.15, 0.2) is 5.96 Å². The van der Waals surface area contributed by atoms with Crippen molar-refractivity contribution in [1.82, 2.24) is 25.3 Å². The zero-order chi connectivity index (χ0) is 21.4. The summed E-state index contributed by atoms with van der Waals surface area (Å²) in [5.74, 6) is 2.35. The number of likely N-dealkylation sites (N-methyl/N-ethyl adjacent to an activating group) is 1. The molecule has 1 aromatic carbocycles.